The van der Waals surface area contributed by atoms with Crippen LogP contribution in [0.1, 0.15) is 24.6 Å². The second-order valence-electron chi connectivity index (χ2n) is 4.72. The van der Waals surface area contributed by atoms with Crippen LogP contribution in [0.3, 0.4) is 0 Å². The summed E-state index contributed by atoms with van der Waals surface area (Å²) in [4.78, 5) is 6.92. The number of morpholine rings is 1. The Kier molecular flexibility index (Phi) is 5.58. The average molecular weight is 249 g/mol. The molecule has 0 spiro atoms. The first-order valence-electron chi connectivity index (χ1n) is 6.83. The standard InChI is InChI=1S/C14H23N3O/c1-2-5-15-10-13-3-4-14(16-11-13)12-17-6-8-18-9-7-17/h3-4,11,15H,2,5-10,12H2,1H3. The molecular formula is C14H23N3O. The molecule has 2 rings (SSSR count). The van der Waals surface area contributed by atoms with E-state index in [0.717, 1.165) is 51.6 Å². The van der Waals surface area contributed by atoms with Gasteiger partial charge in [0.2, 0.25) is 0 Å². The molecule has 0 aromatic carbocycles. The molecule has 0 amide bonds. The average Bonchev–Trinajstić information content (AvgIpc) is 2.42. The van der Waals surface area contributed by atoms with Gasteiger partial charge in [-0.15, -0.1) is 0 Å². The van der Waals surface area contributed by atoms with Crippen LogP contribution in [0.15, 0.2) is 18.3 Å². The Labute approximate surface area is 109 Å². The molecule has 4 nitrogen and oxygen atoms in total. The minimum Gasteiger partial charge on any atom is -0.379 e. The summed E-state index contributed by atoms with van der Waals surface area (Å²) in [6, 6.07) is 4.31. The number of nitrogens with zero attached hydrogens (tertiary/aromatic N) is 2. The number of ether oxygens (including phenoxy) is 1. The molecule has 0 aliphatic carbocycles. The summed E-state index contributed by atoms with van der Waals surface area (Å²) in [6.07, 6.45) is 3.15. The van der Waals surface area contributed by atoms with Crippen molar-refractivity contribution in [1.82, 2.24) is 15.2 Å². The van der Waals surface area contributed by atoms with Gasteiger partial charge in [-0.05, 0) is 24.6 Å². The van der Waals surface area contributed by atoms with Crippen molar-refractivity contribution < 1.29 is 4.74 Å². The highest BCUT2D eigenvalue weighted by molar-refractivity contribution is 5.14. The lowest BCUT2D eigenvalue weighted by molar-refractivity contribution is 0.0336. The van der Waals surface area contributed by atoms with Gasteiger partial charge in [-0.1, -0.05) is 13.0 Å². The van der Waals surface area contributed by atoms with Gasteiger partial charge in [-0.2, -0.15) is 0 Å². The lowest BCUT2D eigenvalue weighted by Crippen LogP contribution is -2.35. The lowest BCUT2D eigenvalue weighted by atomic mass is 10.2. The Bertz CT molecular complexity index is 333. The van der Waals surface area contributed by atoms with Gasteiger partial charge in [-0.25, -0.2) is 0 Å². The Hall–Kier alpha value is -0.970. The molecule has 1 fully saturated rings. The van der Waals surface area contributed by atoms with Crippen LogP contribution < -0.4 is 5.32 Å². The summed E-state index contributed by atoms with van der Waals surface area (Å²) in [6.45, 7) is 8.82. The molecule has 0 unspecified atom stereocenters. The minimum atomic E-state index is 0.846. The Balaban J connectivity index is 1.79. The normalized spacial score (nSPS) is 16.9. The first-order valence-corrected chi connectivity index (χ1v) is 6.83. The Morgan fingerprint density at radius 3 is 2.83 bits per heavy atom. The first-order chi connectivity index (χ1) is 8.88. The number of nitrogens with one attached hydrogen (secondary N) is 1. The van der Waals surface area contributed by atoms with Gasteiger partial charge < -0.3 is 10.1 Å². The lowest BCUT2D eigenvalue weighted by Gasteiger charge is -2.26. The minimum absolute atomic E-state index is 0.846. The van der Waals surface area contributed by atoms with E-state index in [1.807, 2.05) is 6.20 Å². The fourth-order valence-electron chi connectivity index (χ4n) is 2.05. The predicted molar refractivity (Wildman–Crippen MR) is 72.3 cm³/mol. The van der Waals surface area contributed by atoms with Gasteiger partial charge in [0, 0.05) is 32.4 Å². The van der Waals surface area contributed by atoms with Crippen LogP contribution in [0.25, 0.3) is 0 Å². The van der Waals surface area contributed by atoms with Gasteiger partial charge in [0.05, 0.1) is 18.9 Å². The Morgan fingerprint density at radius 2 is 2.17 bits per heavy atom. The molecular weight excluding hydrogens is 226 g/mol. The van der Waals surface area contributed by atoms with E-state index in [2.05, 4.69) is 34.3 Å². The molecule has 1 aromatic rings. The first kappa shape index (κ1) is 13.5. The fraction of sp³-hybridized carbons (Fsp3) is 0.643. The van der Waals surface area contributed by atoms with Crippen molar-refractivity contribution >= 4 is 0 Å². The van der Waals surface area contributed by atoms with E-state index in [9.17, 15) is 0 Å². The molecule has 1 N–H and O–H groups in total. The van der Waals surface area contributed by atoms with Gasteiger partial charge >= 0.3 is 0 Å². The molecule has 2 heterocycles. The smallest absolute Gasteiger partial charge is 0.0594 e. The predicted octanol–water partition coefficient (Wildman–Crippen LogP) is 1.41. The molecule has 0 radical (unpaired) electrons. The zero-order valence-electron chi connectivity index (χ0n) is 11.2. The summed E-state index contributed by atoms with van der Waals surface area (Å²) in [5, 5.41) is 3.39. The van der Waals surface area contributed by atoms with E-state index in [1.54, 1.807) is 0 Å². The molecule has 100 valence electrons. The topological polar surface area (TPSA) is 37.4 Å². The zero-order chi connectivity index (χ0) is 12.6. The molecule has 4 heteroatoms. The Morgan fingerprint density at radius 1 is 1.33 bits per heavy atom. The van der Waals surface area contributed by atoms with Crippen LogP contribution in [-0.2, 0) is 17.8 Å². The summed E-state index contributed by atoms with van der Waals surface area (Å²) >= 11 is 0. The van der Waals surface area contributed by atoms with Crippen molar-refractivity contribution in [3.63, 3.8) is 0 Å². The molecule has 1 aliphatic heterocycles. The van der Waals surface area contributed by atoms with Crippen molar-refractivity contribution in [1.29, 1.82) is 0 Å². The van der Waals surface area contributed by atoms with Crippen molar-refractivity contribution in [3.8, 4) is 0 Å². The second kappa shape index (κ2) is 7.46. The summed E-state index contributed by atoms with van der Waals surface area (Å²) < 4.78 is 5.34. The monoisotopic (exact) mass is 249 g/mol. The van der Waals surface area contributed by atoms with Crippen molar-refractivity contribution in [3.05, 3.63) is 29.6 Å². The SMILES string of the molecule is CCCNCc1ccc(CN2CCOCC2)nc1. The van der Waals surface area contributed by atoms with Crippen LogP contribution in [0.2, 0.25) is 0 Å². The van der Waals surface area contributed by atoms with Crippen molar-refractivity contribution in [2.75, 3.05) is 32.8 Å². The molecule has 1 aromatic heterocycles. The quantitative estimate of drug-likeness (QED) is 0.774. The van der Waals surface area contributed by atoms with Crippen LogP contribution in [-0.4, -0.2) is 42.7 Å². The largest absolute Gasteiger partial charge is 0.379 e. The van der Waals surface area contributed by atoms with Crippen LogP contribution in [0, 0.1) is 0 Å². The van der Waals surface area contributed by atoms with Crippen LogP contribution >= 0.6 is 0 Å². The van der Waals surface area contributed by atoms with Gasteiger partial charge in [0.25, 0.3) is 0 Å². The van der Waals surface area contributed by atoms with Gasteiger partial charge in [0.15, 0.2) is 0 Å². The fourth-order valence-corrected chi connectivity index (χ4v) is 2.05. The van der Waals surface area contributed by atoms with Crippen molar-refractivity contribution in [2.24, 2.45) is 0 Å². The van der Waals surface area contributed by atoms with E-state index in [1.165, 1.54) is 12.0 Å². The molecule has 1 aliphatic rings. The second-order valence-corrected chi connectivity index (χ2v) is 4.72. The van der Waals surface area contributed by atoms with E-state index in [-0.39, 0.29) is 0 Å². The maximum atomic E-state index is 5.34. The van der Waals surface area contributed by atoms with E-state index in [4.69, 9.17) is 4.74 Å². The van der Waals surface area contributed by atoms with E-state index < -0.39 is 0 Å². The number of pyridine rings is 1. The number of aromatic nitrogens is 1. The third kappa shape index (κ3) is 4.37. The van der Waals surface area contributed by atoms with Gasteiger partial charge in [0.1, 0.15) is 0 Å². The third-order valence-corrected chi connectivity index (χ3v) is 3.13. The molecule has 0 atom stereocenters. The number of rotatable bonds is 6. The molecule has 0 bridgehead atoms. The molecule has 0 saturated carbocycles. The van der Waals surface area contributed by atoms with Crippen molar-refractivity contribution in [2.45, 2.75) is 26.4 Å². The maximum absolute atomic E-state index is 5.34. The number of hydrogen-bond donors (Lipinski definition) is 1. The highest BCUT2D eigenvalue weighted by atomic mass is 16.5. The highest BCUT2D eigenvalue weighted by Crippen LogP contribution is 2.06. The zero-order valence-corrected chi connectivity index (χ0v) is 11.2. The summed E-state index contributed by atoms with van der Waals surface area (Å²) in [7, 11) is 0. The molecule has 18 heavy (non-hydrogen) atoms. The maximum Gasteiger partial charge on any atom is 0.0594 e. The van der Waals surface area contributed by atoms with Crippen LogP contribution in [0.5, 0.6) is 0 Å². The third-order valence-electron chi connectivity index (χ3n) is 3.13. The van der Waals surface area contributed by atoms with E-state index in [0.29, 0.717) is 0 Å². The van der Waals surface area contributed by atoms with Crippen LogP contribution in [0.4, 0.5) is 0 Å². The molecule has 1 saturated heterocycles. The summed E-state index contributed by atoms with van der Waals surface area (Å²) in [5.41, 5.74) is 2.41. The highest BCUT2D eigenvalue weighted by Gasteiger charge is 2.10. The van der Waals surface area contributed by atoms with Gasteiger partial charge in [-0.3, -0.25) is 9.88 Å². The number of hydrogen-bond acceptors (Lipinski definition) is 4. The van der Waals surface area contributed by atoms with E-state index >= 15 is 0 Å². The summed E-state index contributed by atoms with van der Waals surface area (Å²) in [5.74, 6) is 0.